The van der Waals surface area contributed by atoms with Crippen molar-refractivity contribution in [3.8, 4) is 0 Å². The van der Waals surface area contributed by atoms with E-state index in [1.165, 1.54) is 0 Å². The van der Waals surface area contributed by atoms with Gasteiger partial charge in [-0.25, -0.2) is 8.42 Å². The van der Waals surface area contributed by atoms with E-state index in [0.29, 0.717) is 5.69 Å². The van der Waals surface area contributed by atoms with Crippen molar-refractivity contribution < 1.29 is 8.42 Å². The molecule has 5 nitrogen and oxygen atoms in total. The highest BCUT2D eigenvalue weighted by molar-refractivity contribution is 7.92. The van der Waals surface area contributed by atoms with Crippen molar-refractivity contribution in [2.75, 3.05) is 23.6 Å². The zero-order valence-corrected chi connectivity index (χ0v) is 12.6. The topological polar surface area (TPSA) is 71.1 Å². The SMILES string of the molecule is O=S(=O)(CC1CCNCC1)Nc1ccc2ncccc2c1. The number of anilines is 1. The lowest BCUT2D eigenvalue weighted by Gasteiger charge is -2.22. The summed E-state index contributed by atoms with van der Waals surface area (Å²) in [7, 11) is -3.30. The van der Waals surface area contributed by atoms with Gasteiger partial charge in [0, 0.05) is 17.3 Å². The van der Waals surface area contributed by atoms with Crippen LogP contribution in [0, 0.1) is 5.92 Å². The average Bonchev–Trinajstić information content (AvgIpc) is 2.47. The van der Waals surface area contributed by atoms with E-state index >= 15 is 0 Å². The van der Waals surface area contributed by atoms with E-state index in [-0.39, 0.29) is 11.7 Å². The smallest absolute Gasteiger partial charge is 0.232 e. The van der Waals surface area contributed by atoms with Gasteiger partial charge in [0.2, 0.25) is 10.0 Å². The Bertz CT molecular complexity index is 725. The summed E-state index contributed by atoms with van der Waals surface area (Å²) in [5.41, 5.74) is 1.46. The van der Waals surface area contributed by atoms with Gasteiger partial charge in [-0.05, 0) is 56.1 Å². The Balaban J connectivity index is 1.73. The quantitative estimate of drug-likeness (QED) is 0.906. The zero-order valence-electron chi connectivity index (χ0n) is 11.7. The number of hydrogen-bond acceptors (Lipinski definition) is 4. The first-order valence-electron chi connectivity index (χ1n) is 7.18. The number of aromatic nitrogens is 1. The molecule has 0 aliphatic carbocycles. The Morgan fingerprint density at radius 1 is 1.24 bits per heavy atom. The Morgan fingerprint density at radius 3 is 2.86 bits per heavy atom. The third-order valence-corrected chi connectivity index (χ3v) is 5.25. The zero-order chi connectivity index (χ0) is 14.7. The fourth-order valence-corrected chi connectivity index (χ4v) is 4.24. The summed E-state index contributed by atoms with van der Waals surface area (Å²) in [5, 5.41) is 4.18. The Hall–Kier alpha value is -1.66. The van der Waals surface area contributed by atoms with E-state index in [0.717, 1.165) is 36.8 Å². The number of sulfonamides is 1. The lowest BCUT2D eigenvalue weighted by atomic mass is 10.0. The van der Waals surface area contributed by atoms with Gasteiger partial charge in [-0.3, -0.25) is 9.71 Å². The van der Waals surface area contributed by atoms with Gasteiger partial charge in [-0.15, -0.1) is 0 Å². The second-order valence-electron chi connectivity index (χ2n) is 5.49. The van der Waals surface area contributed by atoms with Crippen molar-refractivity contribution in [3.63, 3.8) is 0 Å². The molecule has 112 valence electrons. The molecule has 1 aromatic heterocycles. The minimum Gasteiger partial charge on any atom is -0.317 e. The molecule has 0 spiro atoms. The van der Waals surface area contributed by atoms with Gasteiger partial charge in [-0.2, -0.15) is 0 Å². The summed E-state index contributed by atoms with van der Waals surface area (Å²) >= 11 is 0. The summed E-state index contributed by atoms with van der Waals surface area (Å²) < 4.78 is 27.2. The molecule has 3 rings (SSSR count). The van der Waals surface area contributed by atoms with Crippen molar-refractivity contribution in [1.29, 1.82) is 0 Å². The maximum Gasteiger partial charge on any atom is 0.232 e. The number of nitrogens with zero attached hydrogens (tertiary/aromatic N) is 1. The van der Waals surface area contributed by atoms with Crippen molar-refractivity contribution in [3.05, 3.63) is 36.5 Å². The number of hydrogen-bond donors (Lipinski definition) is 2. The normalized spacial score (nSPS) is 17.0. The van der Waals surface area contributed by atoms with E-state index < -0.39 is 10.0 Å². The molecule has 0 unspecified atom stereocenters. The van der Waals surface area contributed by atoms with Crippen LogP contribution in [0.1, 0.15) is 12.8 Å². The number of fused-ring (bicyclic) bond motifs is 1. The van der Waals surface area contributed by atoms with Crippen molar-refractivity contribution in [2.45, 2.75) is 12.8 Å². The molecule has 0 saturated carbocycles. The van der Waals surface area contributed by atoms with Crippen LogP contribution in [0.3, 0.4) is 0 Å². The van der Waals surface area contributed by atoms with E-state index in [1.807, 2.05) is 24.3 Å². The molecule has 1 aliphatic rings. The van der Waals surface area contributed by atoms with Gasteiger partial charge in [0.25, 0.3) is 0 Å². The lowest BCUT2D eigenvalue weighted by Crippen LogP contribution is -2.33. The molecule has 1 aromatic carbocycles. The van der Waals surface area contributed by atoms with Crippen LogP contribution in [0.5, 0.6) is 0 Å². The Morgan fingerprint density at radius 2 is 2.05 bits per heavy atom. The average molecular weight is 305 g/mol. The Labute approximate surface area is 124 Å². The van der Waals surface area contributed by atoms with Crippen LogP contribution in [0.4, 0.5) is 5.69 Å². The fraction of sp³-hybridized carbons (Fsp3) is 0.400. The summed E-state index contributed by atoms with van der Waals surface area (Å²) in [4.78, 5) is 4.23. The molecule has 1 aliphatic heterocycles. The first-order chi connectivity index (χ1) is 10.1. The molecule has 0 amide bonds. The first-order valence-corrected chi connectivity index (χ1v) is 8.84. The molecule has 1 saturated heterocycles. The fourth-order valence-electron chi connectivity index (χ4n) is 2.72. The van der Waals surface area contributed by atoms with E-state index in [4.69, 9.17) is 0 Å². The summed E-state index contributed by atoms with van der Waals surface area (Å²) in [6.07, 6.45) is 3.56. The van der Waals surface area contributed by atoms with Gasteiger partial charge < -0.3 is 5.32 Å². The van der Waals surface area contributed by atoms with Gasteiger partial charge >= 0.3 is 0 Å². The first kappa shape index (κ1) is 14.3. The predicted octanol–water partition coefficient (Wildman–Crippen LogP) is 1.98. The largest absolute Gasteiger partial charge is 0.317 e. The van der Waals surface area contributed by atoms with Gasteiger partial charge in [0.1, 0.15) is 0 Å². The number of piperidine rings is 1. The predicted molar refractivity (Wildman–Crippen MR) is 84.7 cm³/mol. The van der Waals surface area contributed by atoms with Crippen LogP contribution < -0.4 is 10.0 Å². The molecule has 1 fully saturated rings. The second-order valence-corrected chi connectivity index (χ2v) is 7.25. The molecule has 2 heterocycles. The molecule has 0 radical (unpaired) electrons. The molecule has 0 bridgehead atoms. The highest BCUT2D eigenvalue weighted by Crippen LogP contribution is 2.20. The lowest BCUT2D eigenvalue weighted by molar-refractivity contribution is 0.402. The van der Waals surface area contributed by atoms with Crippen LogP contribution in [-0.2, 0) is 10.0 Å². The monoisotopic (exact) mass is 305 g/mol. The number of benzene rings is 1. The Kier molecular flexibility index (Phi) is 4.07. The molecule has 2 aromatic rings. The van der Waals surface area contributed by atoms with E-state index in [9.17, 15) is 8.42 Å². The van der Waals surface area contributed by atoms with Crippen molar-refractivity contribution in [2.24, 2.45) is 5.92 Å². The van der Waals surface area contributed by atoms with Gasteiger partial charge in [0.15, 0.2) is 0 Å². The van der Waals surface area contributed by atoms with Gasteiger partial charge in [0.05, 0.1) is 11.3 Å². The molecular formula is C15H19N3O2S. The third-order valence-electron chi connectivity index (χ3n) is 3.79. The minimum absolute atomic E-state index is 0.194. The van der Waals surface area contributed by atoms with E-state index in [1.54, 1.807) is 12.3 Å². The number of nitrogens with one attached hydrogen (secondary N) is 2. The molecule has 21 heavy (non-hydrogen) atoms. The standard InChI is InChI=1S/C15H19N3O2S/c19-21(20,11-12-5-8-16-9-6-12)18-14-3-4-15-13(10-14)2-1-7-17-15/h1-4,7,10,12,16,18H,5-6,8-9,11H2. The van der Waals surface area contributed by atoms with Crippen LogP contribution in [0.2, 0.25) is 0 Å². The summed E-state index contributed by atoms with van der Waals surface area (Å²) in [6, 6.07) is 9.18. The number of pyridine rings is 1. The van der Waals surface area contributed by atoms with E-state index in [2.05, 4.69) is 15.0 Å². The third kappa shape index (κ3) is 3.71. The van der Waals surface area contributed by atoms with Crippen LogP contribution >= 0.6 is 0 Å². The molecule has 2 N–H and O–H groups in total. The minimum atomic E-state index is -3.30. The second kappa shape index (κ2) is 5.99. The molecule has 6 heteroatoms. The molecule has 0 atom stereocenters. The highest BCUT2D eigenvalue weighted by Gasteiger charge is 2.21. The van der Waals surface area contributed by atoms with Crippen LogP contribution in [0.15, 0.2) is 36.5 Å². The number of rotatable bonds is 4. The summed E-state index contributed by atoms with van der Waals surface area (Å²) in [6.45, 7) is 1.81. The van der Waals surface area contributed by atoms with Gasteiger partial charge in [-0.1, -0.05) is 6.07 Å². The van der Waals surface area contributed by atoms with Crippen LogP contribution in [-0.4, -0.2) is 32.2 Å². The van der Waals surface area contributed by atoms with Crippen molar-refractivity contribution >= 4 is 26.6 Å². The summed E-state index contributed by atoms with van der Waals surface area (Å²) in [5.74, 6) is 0.436. The molecular weight excluding hydrogens is 286 g/mol. The highest BCUT2D eigenvalue weighted by atomic mass is 32.2. The van der Waals surface area contributed by atoms with Crippen molar-refractivity contribution in [1.82, 2.24) is 10.3 Å². The van der Waals surface area contributed by atoms with Crippen LogP contribution in [0.25, 0.3) is 10.9 Å². The maximum absolute atomic E-state index is 12.3. The maximum atomic E-state index is 12.3.